The lowest BCUT2D eigenvalue weighted by molar-refractivity contribution is 0.754. The molecule has 9 aromatic carbocycles. The van der Waals surface area contributed by atoms with Gasteiger partial charge in [0, 0.05) is 16.7 Å². The molecule has 1 heterocycles. The molecular formula is C57H40N2. The van der Waals surface area contributed by atoms with Gasteiger partial charge < -0.3 is 0 Å². The third kappa shape index (κ3) is 5.56. The predicted molar refractivity (Wildman–Crippen MR) is 246 cm³/mol. The van der Waals surface area contributed by atoms with Crippen LogP contribution in [-0.2, 0) is 5.41 Å². The van der Waals surface area contributed by atoms with Crippen molar-refractivity contribution in [2.24, 2.45) is 0 Å². The molecule has 0 fully saturated rings. The smallest absolute Gasteiger partial charge is 0.160 e. The van der Waals surface area contributed by atoms with E-state index in [-0.39, 0.29) is 0 Å². The summed E-state index contributed by atoms with van der Waals surface area (Å²) in [7, 11) is 0. The first kappa shape index (κ1) is 34.8. The standard InChI is InChI=1S/C57H40N2/c1-37-15-6-11-23-50(37)57(52-24-12-9-20-48(52)49-21-10-13-25-53(49)57)51-26-14-22-45(38(51)2)40-27-30-42(31-28-40)56-58-54(41-17-4-3-5-18-41)36-55(59-56)44-33-34-47-43(35-44)32-29-39-16-7-8-19-46(39)47/h3-36H,1-2H3. The van der Waals surface area contributed by atoms with Gasteiger partial charge in [-0.3, -0.25) is 0 Å². The number of hydrogen-bond donors (Lipinski definition) is 0. The van der Waals surface area contributed by atoms with E-state index in [1.54, 1.807) is 0 Å². The Labute approximate surface area is 345 Å². The second-order valence-electron chi connectivity index (χ2n) is 15.8. The number of fused-ring (bicyclic) bond motifs is 6. The average molecular weight is 753 g/mol. The molecule has 1 aliphatic carbocycles. The van der Waals surface area contributed by atoms with Crippen molar-refractivity contribution in [2.45, 2.75) is 19.3 Å². The third-order valence-corrected chi connectivity index (χ3v) is 12.5. The van der Waals surface area contributed by atoms with Crippen molar-refractivity contribution in [2.75, 3.05) is 0 Å². The van der Waals surface area contributed by atoms with E-state index in [4.69, 9.17) is 9.97 Å². The van der Waals surface area contributed by atoms with Crippen LogP contribution in [0.25, 0.3) is 77.7 Å². The molecule has 1 aromatic heterocycles. The molecule has 0 aliphatic heterocycles. The highest BCUT2D eigenvalue weighted by atomic mass is 14.9. The van der Waals surface area contributed by atoms with Gasteiger partial charge in [0.2, 0.25) is 0 Å². The molecule has 0 saturated heterocycles. The summed E-state index contributed by atoms with van der Waals surface area (Å²) in [4.78, 5) is 10.4. The summed E-state index contributed by atoms with van der Waals surface area (Å²) in [6, 6.07) is 74.7. The molecule has 11 rings (SSSR count). The van der Waals surface area contributed by atoms with Crippen molar-refractivity contribution in [3.05, 3.63) is 240 Å². The fourth-order valence-electron chi connectivity index (χ4n) is 9.76. The molecule has 0 amide bonds. The molecule has 59 heavy (non-hydrogen) atoms. The average Bonchev–Trinajstić information content (AvgIpc) is 3.60. The largest absolute Gasteiger partial charge is 0.228 e. The van der Waals surface area contributed by atoms with Crippen LogP contribution in [0.2, 0.25) is 0 Å². The molecule has 2 nitrogen and oxygen atoms in total. The molecule has 0 unspecified atom stereocenters. The Balaban J connectivity index is 1.03. The van der Waals surface area contributed by atoms with Crippen molar-refractivity contribution < 1.29 is 0 Å². The quantitative estimate of drug-likeness (QED) is 0.158. The molecular weight excluding hydrogens is 713 g/mol. The van der Waals surface area contributed by atoms with Gasteiger partial charge in [0.05, 0.1) is 16.8 Å². The summed E-state index contributed by atoms with van der Waals surface area (Å²) >= 11 is 0. The summed E-state index contributed by atoms with van der Waals surface area (Å²) in [5, 5.41) is 4.94. The summed E-state index contributed by atoms with van der Waals surface area (Å²) in [6.07, 6.45) is 0. The Kier molecular flexibility index (Phi) is 8.20. The first-order chi connectivity index (χ1) is 29.1. The van der Waals surface area contributed by atoms with E-state index >= 15 is 0 Å². The van der Waals surface area contributed by atoms with E-state index in [9.17, 15) is 0 Å². The minimum atomic E-state index is -0.462. The number of nitrogens with zero attached hydrogens (tertiary/aromatic N) is 2. The predicted octanol–water partition coefficient (Wildman–Crippen LogP) is 14.4. The number of aryl methyl sites for hydroxylation is 1. The van der Waals surface area contributed by atoms with Crippen LogP contribution in [0.1, 0.15) is 33.4 Å². The maximum Gasteiger partial charge on any atom is 0.160 e. The van der Waals surface area contributed by atoms with Crippen LogP contribution >= 0.6 is 0 Å². The number of rotatable bonds is 6. The van der Waals surface area contributed by atoms with Crippen LogP contribution in [-0.4, -0.2) is 9.97 Å². The van der Waals surface area contributed by atoms with E-state index in [1.165, 1.54) is 71.6 Å². The van der Waals surface area contributed by atoms with E-state index in [0.717, 1.165) is 33.6 Å². The van der Waals surface area contributed by atoms with Gasteiger partial charge in [-0.05, 0) is 103 Å². The lowest BCUT2D eigenvalue weighted by Crippen LogP contribution is -2.30. The van der Waals surface area contributed by atoms with Gasteiger partial charge in [0.25, 0.3) is 0 Å². The van der Waals surface area contributed by atoms with Gasteiger partial charge >= 0.3 is 0 Å². The molecule has 0 saturated carbocycles. The van der Waals surface area contributed by atoms with Gasteiger partial charge in [-0.1, -0.05) is 194 Å². The summed E-state index contributed by atoms with van der Waals surface area (Å²) in [5.74, 6) is 0.703. The Morgan fingerprint density at radius 3 is 1.63 bits per heavy atom. The maximum atomic E-state index is 5.24. The Morgan fingerprint density at radius 2 is 0.881 bits per heavy atom. The SMILES string of the molecule is Cc1ccccc1C1(c2cccc(-c3ccc(-c4nc(-c5ccccc5)cc(-c5ccc6c(ccc7ccccc76)c5)n4)cc3)c2C)c2ccccc2-c2ccccc21. The zero-order valence-corrected chi connectivity index (χ0v) is 33.0. The van der Waals surface area contributed by atoms with E-state index in [2.05, 4.69) is 214 Å². The summed E-state index contributed by atoms with van der Waals surface area (Å²) in [5.41, 5.74) is 17.2. The summed E-state index contributed by atoms with van der Waals surface area (Å²) in [6.45, 7) is 4.55. The monoisotopic (exact) mass is 752 g/mol. The van der Waals surface area contributed by atoms with E-state index in [0.29, 0.717) is 5.82 Å². The van der Waals surface area contributed by atoms with E-state index < -0.39 is 5.41 Å². The molecule has 0 spiro atoms. The lowest BCUT2D eigenvalue weighted by atomic mass is 9.65. The molecule has 2 heteroatoms. The second-order valence-corrected chi connectivity index (χ2v) is 15.8. The molecule has 278 valence electrons. The van der Waals surface area contributed by atoms with Crippen LogP contribution in [0.5, 0.6) is 0 Å². The maximum absolute atomic E-state index is 5.24. The van der Waals surface area contributed by atoms with Crippen LogP contribution in [0.15, 0.2) is 206 Å². The fraction of sp³-hybridized carbons (Fsp3) is 0.0526. The first-order valence-electron chi connectivity index (χ1n) is 20.4. The third-order valence-electron chi connectivity index (χ3n) is 12.5. The molecule has 0 bridgehead atoms. The Hall–Kier alpha value is -7.42. The highest BCUT2D eigenvalue weighted by Gasteiger charge is 2.47. The summed E-state index contributed by atoms with van der Waals surface area (Å²) < 4.78 is 0. The van der Waals surface area contributed by atoms with Crippen molar-refractivity contribution in [3.63, 3.8) is 0 Å². The van der Waals surface area contributed by atoms with Crippen LogP contribution < -0.4 is 0 Å². The highest BCUT2D eigenvalue weighted by molar-refractivity contribution is 6.08. The Bertz CT molecular complexity index is 3190. The highest BCUT2D eigenvalue weighted by Crippen LogP contribution is 2.57. The molecule has 0 N–H and O–H groups in total. The molecule has 1 aliphatic rings. The molecule has 0 atom stereocenters. The van der Waals surface area contributed by atoms with E-state index in [1.807, 2.05) is 6.07 Å². The van der Waals surface area contributed by atoms with Gasteiger partial charge in [-0.25, -0.2) is 9.97 Å². The van der Waals surface area contributed by atoms with Crippen LogP contribution in [0.3, 0.4) is 0 Å². The first-order valence-corrected chi connectivity index (χ1v) is 20.4. The zero-order valence-electron chi connectivity index (χ0n) is 33.0. The van der Waals surface area contributed by atoms with Gasteiger partial charge in [0.1, 0.15) is 0 Å². The number of hydrogen-bond acceptors (Lipinski definition) is 2. The molecule has 0 radical (unpaired) electrons. The fourth-order valence-corrected chi connectivity index (χ4v) is 9.76. The van der Waals surface area contributed by atoms with Crippen molar-refractivity contribution in [3.8, 4) is 56.2 Å². The minimum Gasteiger partial charge on any atom is -0.228 e. The zero-order chi connectivity index (χ0) is 39.5. The van der Waals surface area contributed by atoms with Gasteiger partial charge in [-0.15, -0.1) is 0 Å². The normalized spacial score (nSPS) is 12.7. The van der Waals surface area contributed by atoms with Crippen molar-refractivity contribution >= 4 is 21.5 Å². The van der Waals surface area contributed by atoms with Crippen LogP contribution in [0, 0.1) is 13.8 Å². The number of aromatic nitrogens is 2. The number of benzene rings is 9. The van der Waals surface area contributed by atoms with Crippen molar-refractivity contribution in [1.29, 1.82) is 0 Å². The lowest BCUT2D eigenvalue weighted by Gasteiger charge is -2.36. The second kappa shape index (κ2) is 13.9. The minimum absolute atomic E-state index is 0.462. The topological polar surface area (TPSA) is 25.8 Å². The van der Waals surface area contributed by atoms with Crippen molar-refractivity contribution in [1.82, 2.24) is 9.97 Å². The Morgan fingerprint density at radius 1 is 0.339 bits per heavy atom. The van der Waals surface area contributed by atoms with Gasteiger partial charge in [-0.2, -0.15) is 0 Å². The molecule has 10 aromatic rings. The van der Waals surface area contributed by atoms with Gasteiger partial charge in [0.15, 0.2) is 5.82 Å². The van der Waals surface area contributed by atoms with Crippen LogP contribution in [0.4, 0.5) is 0 Å².